The van der Waals surface area contributed by atoms with Crippen molar-refractivity contribution in [1.82, 2.24) is 0 Å². The summed E-state index contributed by atoms with van der Waals surface area (Å²) in [6, 6.07) is 3.26. The number of benzene rings is 1. The largest absolute Gasteiger partial charge is 0.491 e. The molecule has 6 heteroatoms. The molecule has 0 spiro atoms. The quantitative estimate of drug-likeness (QED) is 0.628. The summed E-state index contributed by atoms with van der Waals surface area (Å²) in [6.45, 7) is 4.47. The third kappa shape index (κ3) is 1.84. The molecule has 3 rings (SSSR count). The van der Waals surface area contributed by atoms with E-state index in [1.54, 1.807) is 6.07 Å². The summed E-state index contributed by atoms with van der Waals surface area (Å²) in [4.78, 5) is 11.5. The van der Waals surface area contributed by atoms with E-state index in [1.165, 1.54) is 24.5 Å². The SMILES string of the molecule is [CH2]c1scc2c1OCCc1ccc([N+](=O)[O-])c(OC)c1-2. The Morgan fingerprint density at radius 2 is 2.30 bits per heavy atom. The number of hydrogen-bond donors (Lipinski definition) is 0. The Morgan fingerprint density at radius 3 is 3.00 bits per heavy atom. The highest BCUT2D eigenvalue weighted by Crippen LogP contribution is 2.48. The fraction of sp³-hybridized carbons (Fsp3) is 0.214. The smallest absolute Gasteiger partial charge is 0.311 e. The van der Waals surface area contributed by atoms with E-state index in [0.717, 1.165) is 21.6 Å². The number of methoxy groups -OCH3 is 1. The van der Waals surface area contributed by atoms with Crippen LogP contribution in [0.3, 0.4) is 0 Å². The molecule has 1 aliphatic heterocycles. The molecular formula is C14H12NO4S. The summed E-state index contributed by atoms with van der Waals surface area (Å²) in [5, 5.41) is 13.1. The highest BCUT2D eigenvalue weighted by atomic mass is 32.1. The molecule has 0 bridgehead atoms. The Labute approximate surface area is 119 Å². The second kappa shape index (κ2) is 4.79. The summed E-state index contributed by atoms with van der Waals surface area (Å²) < 4.78 is 11.0. The molecule has 1 aliphatic rings. The lowest BCUT2D eigenvalue weighted by atomic mass is 9.98. The van der Waals surface area contributed by atoms with Crippen LogP contribution >= 0.6 is 11.3 Å². The molecule has 1 aromatic heterocycles. The van der Waals surface area contributed by atoms with Crippen LogP contribution in [-0.2, 0) is 6.42 Å². The second-order valence-corrected chi connectivity index (χ2v) is 5.37. The molecule has 1 radical (unpaired) electrons. The van der Waals surface area contributed by atoms with Gasteiger partial charge in [-0.2, -0.15) is 0 Å². The number of hydrogen-bond acceptors (Lipinski definition) is 5. The number of thiophene rings is 1. The highest BCUT2D eigenvalue weighted by molar-refractivity contribution is 7.11. The molecule has 0 saturated carbocycles. The van der Waals surface area contributed by atoms with Crippen molar-refractivity contribution in [3.8, 4) is 22.6 Å². The van der Waals surface area contributed by atoms with Crippen molar-refractivity contribution in [2.75, 3.05) is 13.7 Å². The standard InChI is InChI=1S/C14H12NO4S/c1-8-13-10(7-20-8)12-9(5-6-19-13)3-4-11(15(16)17)14(12)18-2/h3-4,7H,1,5-6H2,2H3. The lowest BCUT2D eigenvalue weighted by molar-refractivity contribution is -0.385. The number of nitro benzene ring substituents is 1. The van der Waals surface area contributed by atoms with Crippen LogP contribution in [0.15, 0.2) is 17.5 Å². The molecular weight excluding hydrogens is 278 g/mol. The van der Waals surface area contributed by atoms with Crippen molar-refractivity contribution in [3.05, 3.63) is 45.0 Å². The molecule has 1 aromatic carbocycles. The molecule has 0 saturated heterocycles. The average Bonchev–Trinajstić information content (AvgIpc) is 2.69. The van der Waals surface area contributed by atoms with Gasteiger partial charge in [0.2, 0.25) is 5.75 Å². The predicted molar refractivity (Wildman–Crippen MR) is 76.6 cm³/mol. The van der Waals surface area contributed by atoms with Crippen LogP contribution in [-0.4, -0.2) is 18.6 Å². The molecule has 2 heterocycles. The van der Waals surface area contributed by atoms with Gasteiger partial charge in [-0.05, 0) is 12.5 Å². The first-order valence-electron chi connectivity index (χ1n) is 6.04. The maximum atomic E-state index is 11.2. The van der Waals surface area contributed by atoms with E-state index in [9.17, 15) is 10.1 Å². The summed E-state index contributed by atoms with van der Waals surface area (Å²) >= 11 is 1.46. The van der Waals surface area contributed by atoms with Gasteiger partial charge in [-0.15, -0.1) is 11.3 Å². The molecule has 0 atom stereocenters. The lowest BCUT2D eigenvalue weighted by Gasteiger charge is -2.11. The highest BCUT2D eigenvalue weighted by Gasteiger charge is 2.28. The molecule has 0 N–H and O–H groups in total. The molecule has 0 unspecified atom stereocenters. The summed E-state index contributed by atoms with van der Waals surface area (Å²) in [7, 11) is 1.45. The fourth-order valence-electron chi connectivity index (χ4n) is 2.45. The Bertz CT molecular complexity index is 693. The van der Waals surface area contributed by atoms with Crippen LogP contribution in [0.1, 0.15) is 10.4 Å². The topological polar surface area (TPSA) is 61.6 Å². The number of fused-ring (bicyclic) bond motifs is 3. The van der Waals surface area contributed by atoms with Crippen molar-refractivity contribution >= 4 is 17.0 Å². The lowest BCUT2D eigenvalue weighted by Crippen LogP contribution is -2.01. The number of rotatable bonds is 2. The van der Waals surface area contributed by atoms with Gasteiger partial charge in [-0.25, -0.2) is 0 Å². The van der Waals surface area contributed by atoms with Gasteiger partial charge >= 0.3 is 5.69 Å². The second-order valence-electron chi connectivity index (χ2n) is 4.41. The predicted octanol–water partition coefficient (Wildman–Crippen LogP) is 3.45. The van der Waals surface area contributed by atoms with Gasteiger partial charge in [0.05, 0.1) is 18.6 Å². The van der Waals surface area contributed by atoms with Crippen molar-refractivity contribution in [2.45, 2.75) is 6.42 Å². The first-order chi connectivity index (χ1) is 9.63. The van der Waals surface area contributed by atoms with Crippen LogP contribution in [0.25, 0.3) is 11.1 Å². The maximum absolute atomic E-state index is 11.2. The number of nitro groups is 1. The van der Waals surface area contributed by atoms with Crippen LogP contribution in [0, 0.1) is 17.0 Å². The third-order valence-corrected chi connectivity index (χ3v) is 4.15. The maximum Gasteiger partial charge on any atom is 0.311 e. The summed E-state index contributed by atoms with van der Waals surface area (Å²) in [5.74, 6) is 0.990. The van der Waals surface area contributed by atoms with E-state index in [1.807, 2.05) is 5.38 Å². The van der Waals surface area contributed by atoms with Crippen LogP contribution < -0.4 is 9.47 Å². The number of nitrogens with zero attached hydrogens (tertiary/aromatic N) is 1. The molecule has 103 valence electrons. The molecule has 0 aliphatic carbocycles. The Morgan fingerprint density at radius 1 is 1.50 bits per heavy atom. The van der Waals surface area contributed by atoms with E-state index in [2.05, 4.69) is 6.92 Å². The summed E-state index contributed by atoms with van der Waals surface area (Å²) in [5.41, 5.74) is 2.54. The fourth-order valence-corrected chi connectivity index (χ4v) is 3.21. The van der Waals surface area contributed by atoms with E-state index >= 15 is 0 Å². The van der Waals surface area contributed by atoms with Crippen LogP contribution in [0.2, 0.25) is 0 Å². The zero-order chi connectivity index (χ0) is 14.3. The Balaban J connectivity index is 2.34. The molecule has 2 aromatic rings. The van der Waals surface area contributed by atoms with E-state index in [0.29, 0.717) is 18.8 Å². The molecule has 0 fully saturated rings. The average molecular weight is 290 g/mol. The van der Waals surface area contributed by atoms with Gasteiger partial charge in [-0.3, -0.25) is 10.1 Å². The van der Waals surface area contributed by atoms with Crippen molar-refractivity contribution in [3.63, 3.8) is 0 Å². The van der Waals surface area contributed by atoms with Gasteiger partial charge in [0.15, 0.2) is 0 Å². The van der Waals surface area contributed by atoms with Gasteiger partial charge < -0.3 is 9.47 Å². The summed E-state index contributed by atoms with van der Waals surface area (Å²) in [6.07, 6.45) is 0.683. The molecule has 0 amide bonds. The van der Waals surface area contributed by atoms with Gasteiger partial charge in [0, 0.05) is 33.9 Å². The third-order valence-electron chi connectivity index (χ3n) is 3.33. The van der Waals surface area contributed by atoms with Gasteiger partial charge in [-0.1, -0.05) is 6.07 Å². The molecule has 5 nitrogen and oxygen atoms in total. The van der Waals surface area contributed by atoms with Gasteiger partial charge in [0.25, 0.3) is 0 Å². The van der Waals surface area contributed by atoms with Crippen LogP contribution in [0.5, 0.6) is 11.5 Å². The first-order valence-corrected chi connectivity index (χ1v) is 6.92. The minimum absolute atomic E-state index is 0.0316. The first kappa shape index (κ1) is 12.9. The number of ether oxygens (including phenoxy) is 2. The minimum Gasteiger partial charge on any atom is -0.491 e. The van der Waals surface area contributed by atoms with Crippen molar-refractivity contribution in [1.29, 1.82) is 0 Å². The Kier molecular flexibility index (Phi) is 3.10. The Hall–Kier alpha value is -2.08. The van der Waals surface area contributed by atoms with Gasteiger partial charge in [0.1, 0.15) is 5.75 Å². The minimum atomic E-state index is -0.429. The zero-order valence-electron chi connectivity index (χ0n) is 10.8. The van der Waals surface area contributed by atoms with E-state index < -0.39 is 4.92 Å². The van der Waals surface area contributed by atoms with Crippen molar-refractivity contribution < 1.29 is 14.4 Å². The zero-order valence-corrected chi connectivity index (χ0v) is 11.7. The molecule has 20 heavy (non-hydrogen) atoms. The van der Waals surface area contributed by atoms with E-state index in [-0.39, 0.29) is 11.4 Å². The van der Waals surface area contributed by atoms with Crippen LogP contribution in [0.4, 0.5) is 5.69 Å². The van der Waals surface area contributed by atoms with E-state index in [4.69, 9.17) is 9.47 Å². The van der Waals surface area contributed by atoms with Crippen molar-refractivity contribution in [2.24, 2.45) is 0 Å². The normalized spacial score (nSPS) is 12.9. The monoisotopic (exact) mass is 290 g/mol.